The number of nitrogens with one attached hydrogen (secondary N) is 2. The van der Waals surface area contributed by atoms with Crippen molar-refractivity contribution in [2.24, 2.45) is 0 Å². The number of imidazole rings is 1. The molecule has 2 aromatic rings. The monoisotopic (exact) mass is 215 g/mol. The summed E-state index contributed by atoms with van der Waals surface area (Å²) < 4.78 is 0. The van der Waals surface area contributed by atoms with E-state index in [4.69, 9.17) is 0 Å². The van der Waals surface area contributed by atoms with Gasteiger partial charge in [0.2, 0.25) is 0 Å². The van der Waals surface area contributed by atoms with Crippen molar-refractivity contribution in [2.75, 3.05) is 7.05 Å². The summed E-state index contributed by atoms with van der Waals surface area (Å²) in [5.74, 6) is 0.968. The van der Waals surface area contributed by atoms with Gasteiger partial charge in [-0.1, -0.05) is 12.1 Å². The Hall–Kier alpha value is -1.61. The van der Waals surface area contributed by atoms with Crippen molar-refractivity contribution in [2.45, 2.75) is 20.4 Å². The van der Waals surface area contributed by atoms with Crippen LogP contribution in [0.15, 0.2) is 24.4 Å². The summed E-state index contributed by atoms with van der Waals surface area (Å²) in [7, 11) is 1.91. The van der Waals surface area contributed by atoms with E-state index in [2.05, 4.69) is 47.3 Å². The van der Waals surface area contributed by atoms with E-state index in [1.165, 1.54) is 16.7 Å². The molecule has 3 heteroatoms. The van der Waals surface area contributed by atoms with E-state index in [0.29, 0.717) is 0 Å². The Labute approximate surface area is 95.9 Å². The summed E-state index contributed by atoms with van der Waals surface area (Å²) in [5.41, 5.74) is 4.90. The third-order valence-electron chi connectivity index (χ3n) is 2.79. The first-order valence-corrected chi connectivity index (χ1v) is 5.47. The number of nitrogens with zero attached hydrogens (tertiary/aromatic N) is 1. The molecule has 16 heavy (non-hydrogen) atoms. The molecule has 0 atom stereocenters. The second kappa shape index (κ2) is 4.49. The lowest BCUT2D eigenvalue weighted by molar-refractivity contribution is 0.772. The van der Waals surface area contributed by atoms with Crippen molar-refractivity contribution >= 4 is 0 Å². The minimum Gasteiger partial charge on any atom is -0.341 e. The lowest BCUT2D eigenvalue weighted by Crippen LogP contribution is -2.06. The zero-order valence-corrected chi connectivity index (χ0v) is 9.96. The van der Waals surface area contributed by atoms with Gasteiger partial charge in [-0.15, -0.1) is 0 Å². The van der Waals surface area contributed by atoms with Crippen LogP contribution < -0.4 is 5.32 Å². The third-order valence-corrected chi connectivity index (χ3v) is 2.79. The Balaban J connectivity index is 2.31. The highest BCUT2D eigenvalue weighted by Gasteiger charge is 2.03. The lowest BCUT2D eigenvalue weighted by Gasteiger charge is -2.02. The van der Waals surface area contributed by atoms with E-state index in [-0.39, 0.29) is 0 Å². The van der Waals surface area contributed by atoms with E-state index in [1.807, 2.05) is 13.2 Å². The highest BCUT2D eigenvalue weighted by molar-refractivity contribution is 5.60. The van der Waals surface area contributed by atoms with Gasteiger partial charge in [0.1, 0.15) is 5.82 Å². The van der Waals surface area contributed by atoms with Crippen molar-refractivity contribution in [3.8, 4) is 11.3 Å². The van der Waals surface area contributed by atoms with Gasteiger partial charge in [0.25, 0.3) is 0 Å². The van der Waals surface area contributed by atoms with Gasteiger partial charge in [0, 0.05) is 0 Å². The molecular formula is C13H17N3. The smallest absolute Gasteiger partial charge is 0.120 e. The van der Waals surface area contributed by atoms with Crippen LogP contribution in [0.25, 0.3) is 11.3 Å². The number of aromatic nitrogens is 2. The number of H-pyrrole nitrogens is 1. The molecule has 0 saturated carbocycles. The molecule has 3 nitrogen and oxygen atoms in total. The molecule has 0 fully saturated rings. The van der Waals surface area contributed by atoms with Crippen molar-refractivity contribution in [3.05, 3.63) is 41.3 Å². The first kappa shape index (κ1) is 10.9. The van der Waals surface area contributed by atoms with Crippen LogP contribution in [0, 0.1) is 13.8 Å². The molecule has 0 spiro atoms. The van der Waals surface area contributed by atoms with Crippen molar-refractivity contribution in [1.29, 1.82) is 0 Å². The minimum absolute atomic E-state index is 0.769. The fourth-order valence-electron chi connectivity index (χ4n) is 1.68. The van der Waals surface area contributed by atoms with Gasteiger partial charge < -0.3 is 10.3 Å². The van der Waals surface area contributed by atoms with Crippen LogP contribution in [0.1, 0.15) is 17.0 Å². The van der Waals surface area contributed by atoms with Crippen molar-refractivity contribution in [3.63, 3.8) is 0 Å². The van der Waals surface area contributed by atoms with E-state index in [1.54, 1.807) is 0 Å². The first-order chi connectivity index (χ1) is 7.70. The molecule has 0 saturated heterocycles. The number of hydrogen-bond acceptors (Lipinski definition) is 2. The van der Waals surface area contributed by atoms with E-state index in [9.17, 15) is 0 Å². The molecule has 0 bridgehead atoms. The number of benzene rings is 1. The molecule has 0 aliphatic heterocycles. The molecule has 1 heterocycles. The van der Waals surface area contributed by atoms with Gasteiger partial charge in [-0.25, -0.2) is 4.98 Å². The molecule has 0 aliphatic carbocycles. The zero-order valence-electron chi connectivity index (χ0n) is 9.96. The highest BCUT2D eigenvalue weighted by Crippen LogP contribution is 2.20. The summed E-state index contributed by atoms with van der Waals surface area (Å²) in [4.78, 5) is 7.62. The summed E-state index contributed by atoms with van der Waals surface area (Å²) in [6.07, 6.45) is 1.89. The summed E-state index contributed by atoms with van der Waals surface area (Å²) >= 11 is 0. The Morgan fingerprint density at radius 2 is 2.06 bits per heavy atom. The van der Waals surface area contributed by atoms with Crippen molar-refractivity contribution < 1.29 is 0 Å². The molecule has 0 radical (unpaired) electrons. The molecule has 0 unspecified atom stereocenters. The fourth-order valence-corrected chi connectivity index (χ4v) is 1.68. The molecule has 2 N–H and O–H groups in total. The Kier molecular flexibility index (Phi) is 3.06. The predicted octanol–water partition coefficient (Wildman–Crippen LogP) is 2.41. The molecule has 1 aromatic carbocycles. The summed E-state index contributed by atoms with van der Waals surface area (Å²) in [6.45, 7) is 5.02. The van der Waals surface area contributed by atoms with Gasteiger partial charge in [-0.2, -0.15) is 0 Å². The maximum atomic E-state index is 4.32. The van der Waals surface area contributed by atoms with E-state index in [0.717, 1.165) is 18.1 Å². The second-order valence-corrected chi connectivity index (χ2v) is 4.07. The van der Waals surface area contributed by atoms with Crippen LogP contribution in [0.4, 0.5) is 0 Å². The second-order valence-electron chi connectivity index (χ2n) is 4.07. The zero-order chi connectivity index (χ0) is 11.5. The van der Waals surface area contributed by atoms with Gasteiger partial charge in [-0.3, -0.25) is 0 Å². The average molecular weight is 215 g/mol. The molecule has 0 aliphatic rings. The molecule has 0 amide bonds. The van der Waals surface area contributed by atoms with Gasteiger partial charge in [0.05, 0.1) is 18.4 Å². The highest BCUT2D eigenvalue weighted by atomic mass is 15.0. The average Bonchev–Trinajstić information content (AvgIpc) is 2.71. The normalized spacial score (nSPS) is 10.7. The number of rotatable bonds is 3. The summed E-state index contributed by atoms with van der Waals surface area (Å²) in [5, 5.41) is 3.08. The van der Waals surface area contributed by atoms with E-state index >= 15 is 0 Å². The first-order valence-electron chi connectivity index (χ1n) is 5.47. The van der Waals surface area contributed by atoms with Crippen LogP contribution in [0.3, 0.4) is 0 Å². The van der Waals surface area contributed by atoms with Crippen LogP contribution in [-0.2, 0) is 6.54 Å². The van der Waals surface area contributed by atoms with Crippen LogP contribution in [-0.4, -0.2) is 17.0 Å². The van der Waals surface area contributed by atoms with Crippen molar-refractivity contribution in [1.82, 2.24) is 15.3 Å². The predicted molar refractivity (Wildman–Crippen MR) is 66.3 cm³/mol. The molecule has 2 rings (SSSR count). The van der Waals surface area contributed by atoms with Crippen LogP contribution in [0.2, 0.25) is 0 Å². The van der Waals surface area contributed by atoms with Crippen LogP contribution >= 0.6 is 0 Å². The molecule has 84 valence electrons. The fraction of sp³-hybridized carbons (Fsp3) is 0.308. The number of aryl methyl sites for hydroxylation is 2. The van der Waals surface area contributed by atoms with Gasteiger partial charge in [0.15, 0.2) is 0 Å². The number of hydrogen-bond donors (Lipinski definition) is 2. The summed E-state index contributed by atoms with van der Waals surface area (Å²) in [6, 6.07) is 6.45. The topological polar surface area (TPSA) is 40.7 Å². The SMILES string of the molecule is CNCc1ncc(-c2ccc(C)c(C)c2)[nH]1. The number of aromatic amines is 1. The Bertz CT molecular complexity index is 486. The lowest BCUT2D eigenvalue weighted by atomic mass is 10.1. The Morgan fingerprint density at radius 3 is 2.75 bits per heavy atom. The maximum Gasteiger partial charge on any atom is 0.120 e. The molecule has 1 aromatic heterocycles. The molecular weight excluding hydrogens is 198 g/mol. The quantitative estimate of drug-likeness (QED) is 0.825. The van der Waals surface area contributed by atoms with Gasteiger partial charge in [-0.05, 0) is 43.7 Å². The van der Waals surface area contributed by atoms with Gasteiger partial charge >= 0.3 is 0 Å². The van der Waals surface area contributed by atoms with Crippen LogP contribution in [0.5, 0.6) is 0 Å². The maximum absolute atomic E-state index is 4.32. The minimum atomic E-state index is 0.769. The Morgan fingerprint density at radius 1 is 1.25 bits per heavy atom. The standard InChI is InChI=1S/C13H17N3/c1-9-4-5-11(6-10(9)2)12-7-15-13(16-12)8-14-3/h4-7,14H,8H2,1-3H3,(H,15,16). The van der Waals surface area contributed by atoms with E-state index < -0.39 is 0 Å². The largest absolute Gasteiger partial charge is 0.341 e. The third kappa shape index (κ3) is 2.14.